The normalized spacial score (nSPS) is 15.7. The molecule has 1 unspecified atom stereocenters. The molecule has 0 fully saturated rings. The van der Waals surface area contributed by atoms with E-state index in [4.69, 9.17) is 46.4 Å². The SMILES string of the molecule is Cc1ccc(/N=N/C2C(=O)N(c3c(Cl)cc(Cl)cc3Cl)N=C2Nc2cc(NS(C)(=O)=O)ccc2Cl)c(O)c1. The highest BCUT2D eigenvalue weighted by atomic mass is 35.5. The molecule has 0 aromatic heterocycles. The maximum atomic E-state index is 13.5. The molecule has 1 amide bonds. The third kappa shape index (κ3) is 6.30. The van der Waals surface area contributed by atoms with Crippen molar-refractivity contribution < 1.29 is 18.3 Å². The summed E-state index contributed by atoms with van der Waals surface area (Å²) in [7, 11) is -3.57. The third-order valence-corrected chi connectivity index (χ3v) is 6.78. The van der Waals surface area contributed by atoms with Crippen molar-refractivity contribution in [2.45, 2.75) is 13.0 Å². The number of aryl methyl sites for hydroxylation is 1. The van der Waals surface area contributed by atoms with Gasteiger partial charge in [0.05, 0.1) is 32.7 Å². The lowest BCUT2D eigenvalue weighted by molar-refractivity contribution is -0.117. The van der Waals surface area contributed by atoms with E-state index in [1.807, 2.05) is 0 Å². The van der Waals surface area contributed by atoms with E-state index in [0.717, 1.165) is 16.8 Å². The summed E-state index contributed by atoms with van der Waals surface area (Å²) >= 11 is 25.0. The smallest absolute Gasteiger partial charge is 0.282 e. The number of aromatic hydroxyl groups is 1. The number of benzene rings is 3. The number of nitrogens with zero attached hydrogens (tertiary/aromatic N) is 4. The van der Waals surface area contributed by atoms with Crippen LogP contribution >= 0.6 is 46.4 Å². The Morgan fingerprint density at radius 2 is 1.68 bits per heavy atom. The Bertz CT molecular complexity index is 1590. The summed E-state index contributed by atoms with van der Waals surface area (Å²) in [6.45, 7) is 1.80. The summed E-state index contributed by atoms with van der Waals surface area (Å²) in [6.07, 6.45) is 1.00. The zero-order chi connectivity index (χ0) is 27.8. The molecule has 0 bridgehead atoms. The van der Waals surface area contributed by atoms with E-state index in [1.165, 1.54) is 36.4 Å². The molecule has 1 atom stereocenters. The molecule has 3 N–H and O–H groups in total. The predicted octanol–water partition coefficient (Wildman–Crippen LogP) is 6.61. The van der Waals surface area contributed by atoms with Crippen molar-refractivity contribution in [1.82, 2.24) is 0 Å². The Labute approximate surface area is 237 Å². The van der Waals surface area contributed by atoms with Crippen LogP contribution in [-0.4, -0.2) is 37.6 Å². The second-order valence-electron chi connectivity index (χ2n) is 8.16. The van der Waals surface area contributed by atoms with Crippen LogP contribution in [0.5, 0.6) is 5.75 Å². The number of amidine groups is 1. The lowest BCUT2D eigenvalue weighted by Gasteiger charge is -2.15. The molecule has 15 heteroatoms. The van der Waals surface area contributed by atoms with Gasteiger partial charge in [0, 0.05) is 5.02 Å². The van der Waals surface area contributed by atoms with Gasteiger partial charge in [0.15, 0.2) is 5.84 Å². The lowest BCUT2D eigenvalue weighted by atomic mass is 10.2. The molecule has 38 heavy (non-hydrogen) atoms. The Hall–Kier alpha value is -3.09. The number of rotatable bonds is 6. The average Bonchev–Trinajstić information content (AvgIpc) is 3.08. The summed E-state index contributed by atoms with van der Waals surface area (Å²) in [4.78, 5) is 13.5. The van der Waals surface area contributed by atoms with E-state index in [1.54, 1.807) is 19.1 Å². The van der Waals surface area contributed by atoms with Gasteiger partial charge in [-0.1, -0.05) is 52.5 Å². The first-order valence-corrected chi connectivity index (χ1v) is 14.0. The first-order valence-electron chi connectivity index (χ1n) is 10.6. The van der Waals surface area contributed by atoms with E-state index >= 15 is 0 Å². The number of hydrogen-bond acceptors (Lipinski definition) is 8. The minimum atomic E-state index is -3.57. The number of phenols is 1. The minimum Gasteiger partial charge on any atom is -0.506 e. The summed E-state index contributed by atoms with van der Waals surface area (Å²) in [5.74, 6) is -0.824. The Balaban J connectivity index is 1.77. The second kappa shape index (κ2) is 11.0. The van der Waals surface area contributed by atoms with Crippen molar-refractivity contribution in [2.24, 2.45) is 15.3 Å². The van der Waals surface area contributed by atoms with Gasteiger partial charge in [0.2, 0.25) is 16.1 Å². The lowest BCUT2D eigenvalue weighted by Crippen LogP contribution is -2.33. The molecule has 198 valence electrons. The predicted molar refractivity (Wildman–Crippen MR) is 151 cm³/mol. The van der Waals surface area contributed by atoms with Crippen molar-refractivity contribution in [3.05, 3.63) is 74.2 Å². The molecule has 0 saturated heterocycles. The van der Waals surface area contributed by atoms with Gasteiger partial charge in [-0.05, 0) is 55.0 Å². The first kappa shape index (κ1) is 27.9. The van der Waals surface area contributed by atoms with E-state index < -0.39 is 22.0 Å². The minimum absolute atomic E-state index is 0.0224. The van der Waals surface area contributed by atoms with Gasteiger partial charge in [-0.25, -0.2) is 8.42 Å². The van der Waals surface area contributed by atoms with E-state index in [0.29, 0.717) is 0 Å². The molecule has 0 aliphatic carbocycles. The van der Waals surface area contributed by atoms with Gasteiger partial charge >= 0.3 is 0 Å². The number of sulfonamides is 1. The molecule has 4 rings (SSSR count). The van der Waals surface area contributed by atoms with Crippen LogP contribution in [-0.2, 0) is 14.8 Å². The van der Waals surface area contributed by atoms with E-state index in [9.17, 15) is 18.3 Å². The van der Waals surface area contributed by atoms with Crippen LogP contribution in [0, 0.1) is 6.92 Å². The maximum Gasteiger partial charge on any atom is 0.282 e. The molecule has 0 saturated carbocycles. The number of phenolic OH excluding ortho intramolecular Hbond substituents is 1. The number of anilines is 3. The van der Waals surface area contributed by atoms with Gasteiger partial charge in [0.1, 0.15) is 17.1 Å². The molecular weight excluding hydrogens is 598 g/mol. The molecule has 1 heterocycles. The van der Waals surface area contributed by atoms with Crippen molar-refractivity contribution >= 4 is 90.9 Å². The topological polar surface area (TPSA) is 136 Å². The Morgan fingerprint density at radius 3 is 2.32 bits per heavy atom. The highest BCUT2D eigenvalue weighted by Crippen LogP contribution is 2.39. The van der Waals surface area contributed by atoms with Crippen LogP contribution in [0.15, 0.2) is 63.9 Å². The fourth-order valence-electron chi connectivity index (χ4n) is 3.41. The van der Waals surface area contributed by atoms with E-state index in [-0.39, 0.29) is 54.4 Å². The third-order valence-electron chi connectivity index (χ3n) is 5.05. The molecule has 0 radical (unpaired) electrons. The number of hydrogen-bond donors (Lipinski definition) is 3. The molecule has 10 nitrogen and oxygen atoms in total. The fraction of sp³-hybridized carbons (Fsp3) is 0.130. The van der Waals surface area contributed by atoms with Crippen LogP contribution in [0.25, 0.3) is 0 Å². The number of amides is 1. The molecule has 3 aromatic rings. The molecule has 0 spiro atoms. The summed E-state index contributed by atoms with van der Waals surface area (Å²) in [5.41, 5.74) is 1.43. The maximum absolute atomic E-state index is 13.5. The van der Waals surface area contributed by atoms with Gasteiger partial charge in [0.25, 0.3) is 5.91 Å². The number of nitrogens with one attached hydrogen (secondary N) is 2. The second-order valence-corrected chi connectivity index (χ2v) is 11.6. The fourth-order valence-corrected chi connectivity index (χ4v) is 5.11. The molecule has 1 aliphatic heterocycles. The Morgan fingerprint density at radius 1 is 1.00 bits per heavy atom. The number of halogens is 4. The zero-order valence-corrected chi connectivity index (χ0v) is 23.4. The van der Waals surface area contributed by atoms with Gasteiger partial charge < -0.3 is 10.4 Å². The highest BCUT2D eigenvalue weighted by Gasteiger charge is 2.39. The van der Waals surface area contributed by atoms with Crippen LogP contribution in [0.3, 0.4) is 0 Å². The molecule has 3 aromatic carbocycles. The molecule has 1 aliphatic rings. The summed E-state index contributed by atoms with van der Waals surface area (Å²) in [5, 5.41) is 27.1. The number of azo groups is 1. The average molecular weight is 616 g/mol. The van der Waals surface area contributed by atoms with Gasteiger partial charge in [-0.2, -0.15) is 15.2 Å². The van der Waals surface area contributed by atoms with Crippen molar-refractivity contribution in [3.63, 3.8) is 0 Å². The quantitative estimate of drug-likeness (QED) is 0.268. The van der Waals surface area contributed by atoms with Crippen LogP contribution in [0.2, 0.25) is 20.1 Å². The summed E-state index contributed by atoms with van der Waals surface area (Å²) < 4.78 is 25.7. The van der Waals surface area contributed by atoms with Gasteiger partial charge in [-0.3, -0.25) is 9.52 Å². The number of carbonyl (C=O) groups is 1. The largest absolute Gasteiger partial charge is 0.506 e. The highest BCUT2D eigenvalue weighted by molar-refractivity contribution is 7.92. The standard InChI is InChI=1S/C23H18Cl4N6O4S/c1-11-3-6-17(19(34)7-11)29-30-20-22(28-18-10-13(4-5-14(18)25)32-38(2,36)37)31-33(23(20)35)21-15(26)8-12(24)9-16(21)27/h3-10,20,32,34H,1-2H3,(H,28,31)/b30-29+. The van der Waals surface area contributed by atoms with Crippen LogP contribution in [0.4, 0.5) is 22.7 Å². The zero-order valence-electron chi connectivity index (χ0n) is 19.6. The van der Waals surface area contributed by atoms with Crippen molar-refractivity contribution in [1.29, 1.82) is 0 Å². The summed E-state index contributed by atoms with van der Waals surface area (Å²) in [6, 6.07) is 10.6. The van der Waals surface area contributed by atoms with Crippen LogP contribution in [0.1, 0.15) is 5.56 Å². The van der Waals surface area contributed by atoms with Crippen LogP contribution < -0.4 is 15.0 Å². The van der Waals surface area contributed by atoms with Crippen molar-refractivity contribution in [2.75, 3.05) is 21.3 Å². The molecular formula is C23H18Cl4N6O4S. The number of carbonyl (C=O) groups excluding carboxylic acids is 1. The van der Waals surface area contributed by atoms with Gasteiger partial charge in [-0.15, -0.1) is 5.10 Å². The first-order chi connectivity index (χ1) is 17.8. The Kier molecular flexibility index (Phi) is 8.05. The monoisotopic (exact) mass is 614 g/mol. The van der Waals surface area contributed by atoms with E-state index in [2.05, 4.69) is 25.4 Å². The number of hydrazone groups is 1. The van der Waals surface area contributed by atoms with Crippen molar-refractivity contribution in [3.8, 4) is 5.75 Å².